The summed E-state index contributed by atoms with van der Waals surface area (Å²) in [5.74, 6) is 0.675. The lowest BCUT2D eigenvalue weighted by molar-refractivity contribution is -0.0502. The van der Waals surface area contributed by atoms with Gasteiger partial charge in [-0.3, -0.25) is 0 Å². The third-order valence-corrected chi connectivity index (χ3v) is 6.24. The molecule has 2 aromatic carbocycles. The molecule has 3 rings (SSSR count). The number of alkyl halides is 2. The van der Waals surface area contributed by atoms with Crippen LogP contribution in [0.1, 0.15) is 80.1 Å². The second-order valence-electron chi connectivity index (χ2n) is 8.19. The molecule has 2 aromatic rings. The number of ether oxygens (including phenoxy) is 2. The average Bonchev–Trinajstić information content (AvgIpc) is 2.74. The summed E-state index contributed by atoms with van der Waals surface area (Å²) in [7, 11) is 0. The molecule has 0 amide bonds. The average molecular weight is 451 g/mol. The normalized spacial score (nSPS) is 18.7. The van der Waals surface area contributed by atoms with Crippen molar-refractivity contribution >= 4 is 17.6 Å². The SMILES string of the molecule is CCCCCC1CCC(c2ccc(OC(=O)c3ccc(Cl)cc3OC(F)F)cc2)CC1. The van der Waals surface area contributed by atoms with E-state index in [1.807, 2.05) is 12.1 Å². The van der Waals surface area contributed by atoms with Gasteiger partial charge in [-0.2, -0.15) is 8.78 Å². The Morgan fingerprint density at radius 2 is 1.77 bits per heavy atom. The highest BCUT2D eigenvalue weighted by Crippen LogP contribution is 2.38. The Kier molecular flexibility index (Phi) is 8.70. The molecule has 1 fully saturated rings. The van der Waals surface area contributed by atoms with Crippen molar-refractivity contribution in [2.24, 2.45) is 5.92 Å². The highest BCUT2D eigenvalue weighted by atomic mass is 35.5. The lowest BCUT2D eigenvalue weighted by Crippen LogP contribution is -2.14. The van der Waals surface area contributed by atoms with E-state index in [9.17, 15) is 13.6 Å². The molecule has 1 aliphatic rings. The highest BCUT2D eigenvalue weighted by Gasteiger charge is 2.23. The van der Waals surface area contributed by atoms with E-state index < -0.39 is 12.6 Å². The number of carbonyl (C=O) groups excluding carboxylic acids is 1. The van der Waals surface area contributed by atoms with Gasteiger partial charge in [0.05, 0.1) is 0 Å². The van der Waals surface area contributed by atoms with Gasteiger partial charge in [-0.25, -0.2) is 4.79 Å². The van der Waals surface area contributed by atoms with Crippen LogP contribution in [0.2, 0.25) is 5.02 Å². The Morgan fingerprint density at radius 3 is 2.42 bits per heavy atom. The molecule has 3 nitrogen and oxygen atoms in total. The topological polar surface area (TPSA) is 35.5 Å². The Hall–Kier alpha value is -2.14. The Morgan fingerprint density at radius 1 is 1.06 bits per heavy atom. The summed E-state index contributed by atoms with van der Waals surface area (Å²) in [5.41, 5.74) is 1.15. The van der Waals surface area contributed by atoms with Crippen LogP contribution in [0.4, 0.5) is 8.78 Å². The predicted molar refractivity (Wildman–Crippen MR) is 118 cm³/mol. The molecule has 1 saturated carbocycles. The minimum atomic E-state index is -3.06. The molecule has 1 aliphatic carbocycles. The minimum absolute atomic E-state index is 0.102. The molecule has 0 bridgehead atoms. The number of rotatable bonds is 9. The van der Waals surface area contributed by atoms with Crippen LogP contribution < -0.4 is 9.47 Å². The zero-order chi connectivity index (χ0) is 22.2. The number of hydrogen-bond acceptors (Lipinski definition) is 3. The van der Waals surface area contributed by atoms with E-state index in [-0.39, 0.29) is 16.3 Å². The summed E-state index contributed by atoms with van der Waals surface area (Å²) in [4.78, 5) is 12.5. The van der Waals surface area contributed by atoms with E-state index in [1.54, 1.807) is 12.1 Å². The van der Waals surface area contributed by atoms with Gasteiger partial charge in [-0.1, -0.05) is 56.3 Å². The second-order valence-corrected chi connectivity index (χ2v) is 8.63. The van der Waals surface area contributed by atoms with Crippen LogP contribution in [0.15, 0.2) is 42.5 Å². The lowest BCUT2D eigenvalue weighted by atomic mass is 9.77. The zero-order valence-corrected chi connectivity index (χ0v) is 18.5. The van der Waals surface area contributed by atoms with Crippen molar-refractivity contribution in [3.63, 3.8) is 0 Å². The summed E-state index contributed by atoms with van der Waals surface area (Å²) < 4.78 is 35.0. The fraction of sp³-hybridized carbons (Fsp3) is 0.480. The third kappa shape index (κ3) is 6.93. The van der Waals surface area contributed by atoms with Crippen LogP contribution in [0.3, 0.4) is 0 Å². The largest absolute Gasteiger partial charge is 0.434 e. The maximum Gasteiger partial charge on any atom is 0.387 e. The van der Waals surface area contributed by atoms with E-state index in [0.717, 1.165) is 5.92 Å². The van der Waals surface area contributed by atoms with E-state index >= 15 is 0 Å². The monoisotopic (exact) mass is 450 g/mol. The van der Waals surface area contributed by atoms with Crippen molar-refractivity contribution in [3.8, 4) is 11.5 Å². The standard InChI is InChI=1S/C25H29ClF2O3/c1-2-3-4-5-17-6-8-18(9-7-17)19-10-13-21(14-11-19)30-24(29)22-15-12-20(26)16-23(22)31-25(27)28/h10-18,25H,2-9H2,1H3. The van der Waals surface area contributed by atoms with Gasteiger partial charge in [0.2, 0.25) is 0 Å². The van der Waals surface area contributed by atoms with E-state index in [4.69, 9.17) is 16.3 Å². The fourth-order valence-electron chi connectivity index (χ4n) is 4.30. The third-order valence-electron chi connectivity index (χ3n) is 6.00. The van der Waals surface area contributed by atoms with Gasteiger partial charge in [0.1, 0.15) is 17.1 Å². The maximum atomic E-state index is 12.6. The zero-order valence-electron chi connectivity index (χ0n) is 17.8. The van der Waals surface area contributed by atoms with Crippen molar-refractivity contribution in [2.75, 3.05) is 0 Å². The quantitative estimate of drug-likeness (QED) is 0.220. The van der Waals surface area contributed by atoms with Gasteiger partial charge in [-0.15, -0.1) is 0 Å². The summed E-state index contributed by atoms with van der Waals surface area (Å²) in [5, 5.41) is 0.191. The molecule has 0 unspecified atom stereocenters. The van der Waals surface area contributed by atoms with Crippen molar-refractivity contribution in [1.82, 2.24) is 0 Å². The number of halogens is 3. The molecular formula is C25H29ClF2O3. The molecule has 0 aliphatic heterocycles. The van der Waals surface area contributed by atoms with Crippen LogP contribution in [-0.4, -0.2) is 12.6 Å². The van der Waals surface area contributed by atoms with Crippen molar-refractivity contribution in [3.05, 3.63) is 58.6 Å². The van der Waals surface area contributed by atoms with Gasteiger partial charge in [0.25, 0.3) is 0 Å². The summed E-state index contributed by atoms with van der Waals surface area (Å²) >= 11 is 5.82. The lowest BCUT2D eigenvalue weighted by Gasteiger charge is -2.29. The van der Waals surface area contributed by atoms with E-state index in [1.165, 1.54) is 75.1 Å². The first-order valence-electron chi connectivity index (χ1n) is 11.0. The summed E-state index contributed by atoms with van der Waals surface area (Å²) in [6.07, 6.45) is 10.2. The van der Waals surface area contributed by atoms with Crippen molar-refractivity contribution in [2.45, 2.75) is 70.8 Å². The second kappa shape index (κ2) is 11.5. The molecule has 0 atom stereocenters. The van der Waals surface area contributed by atoms with Gasteiger partial charge >= 0.3 is 12.6 Å². The smallest absolute Gasteiger partial charge is 0.387 e. The molecule has 0 N–H and O–H groups in total. The predicted octanol–water partition coefficient (Wildman–Crippen LogP) is 8.01. The number of esters is 1. The molecule has 0 aromatic heterocycles. The highest BCUT2D eigenvalue weighted by molar-refractivity contribution is 6.30. The Bertz CT molecular complexity index is 846. The summed E-state index contributed by atoms with van der Waals surface area (Å²) in [6, 6.07) is 11.4. The van der Waals surface area contributed by atoms with E-state index in [2.05, 4.69) is 11.7 Å². The van der Waals surface area contributed by atoms with Gasteiger partial charge in [0, 0.05) is 5.02 Å². The first-order valence-corrected chi connectivity index (χ1v) is 11.4. The number of carbonyl (C=O) groups is 1. The minimum Gasteiger partial charge on any atom is -0.434 e. The molecule has 6 heteroatoms. The van der Waals surface area contributed by atoms with Crippen LogP contribution in [-0.2, 0) is 0 Å². The molecule has 0 spiro atoms. The molecular weight excluding hydrogens is 422 g/mol. The van der Waals surface area contributed by atoms with Crippen LogP contribution >= 0.6 is 11.6 Å². The van der Waals surface area contributed by atoms with Gasteiger partial charge in [-0.05, 0) is 73.4 Å². The Labute approximate surface area is 187 Å². The maximum absolute atomic E-state index is 12.6. The number of hydrogen-bond donors (Lipinski definition) is 0. The molecule has 0 heterocycles. The first kappa shape index (κ1) is 23.5. The molecule has 168 valence electrons. The van der Waals surface area contributed by atoms with E-state index in [0.29, 0.717) is 11.7 Å². The van der Waals surface area contributed by atoms with Crippen LogP contribution in [0, 0.1) is 5.92 Å². The van der Waals surface area contributed by atoms with Crippen molar-refractivity contribution < 1.29 is 23.0 Å². The Balaban J connectivity index is 1.57. The molecule has 31 heavy (non-hydrogen) atoms. The first-order chi connectivity index (χ1) is 15.0. The summed E-state index contributed by atoms with van der Waals surface area (Å²) in [6.45, 7) is -0.824. The van der Waals surface area contributed by atoms with Crippen LogP contribution in [0.25, 0.3) is 0 Å². The molecule has 0 saturated heterocycles. The number of benzene rings is 2. The van der Waals surface area contributed by atoms with Crippen LogP contribution in [0.5, 0.6) is 11.5 Å². The molecule has 0 radical (unpaired) electrons. The van der Waals surface area contributed by atoms with Gasteiger partial charge < -0.3 is 9.47 Å². The fourth-order valence-corrected chi connectivity index (χ4v) is 4.46. The van der Waals surface area contributed by atoms with Gasteiger partial charge in [0.15, 0.2) is 0 Å². The van der Waals surface area contributed by atoms with Crippen molar-refractivity contribution in [1.29, 1.82) is 0 Å². The number of unbranched alkanes of at least 4 members (excludes halogenated alkanes) is 2.